The number of anilines is 3. The molecule has 0 aliphatic heterocycles. The summed E-state index contributed by atoms with van der Waals surface area (Å²) in [5.41, 5.74) is 10.9. The average molecular weight is 422 g/mol. The van der Waals surface area contributed by atoms with Crippen LogP contribution in [0.15, 0.2) is 64.5 Å². The second-order valence-corrected chi connectivity index (χ2v) is 6.68. The Morgan fingerprint density at radius 1 is 1.03 bits per heavy atom. The zero-order valence-corrected chi connectivity index (χ0v) is 16.5. The van der Waals surface area contributed by atoms with E-state index in [9.17, 15) is 4.79 Å². The van der Waals surface area contributed by atoms with Gasteiger partial charge in [-0.1, -0.05) is 29.8 Å². The molecule has 4 N–H and O–H groups in total. The van der Waals surface area contributed by atoms with Crippen molar-refractivity contribution in [2.24, 2.45) is 5.10 Å². The lowest BCUT2D eigenvalue weighted by atomic mass is 10.3. The summed E-state index contributed by atoms with van der Waals surface area (Å²) in [5.74, 6) is 0.458. The van der Waals surface area contributed by atoms with Gasteiger partial charge in [0.1, 0.15) is 5.69 Å². The topological polar surface area (TPSA) is 133 Å². The van der Waals surface area contributed by atoms with Gasteiger partial charge in [-0.05, 0) is 43.3 Å². The van der Waals surface area contributed by atoms with Gasteiger partial charge in [-0.3, -0.25) is 21.1 Å². The van der Waals surface area contributed by atoms with Gasteiger partial charge < -0.3 is 5.43 Å². The smallest absolute Gasteiger partial charge is 0.301 e. The third kappa shape index (κ3) is 3.89. The molecule has 0 atom stereocenters. The Morgan fingerprint density at radius 3 is 2.43 bits per heavy atom. The summed E-state index contributed by atoms with van der Waals surface area (Å²) in [7, 11) is 0. The molecule has 11 heteroatoms. The molecule has 0 radical (unpaired) electrons. The van der Waals surface area contributed by atoms with Crippen LogP contribution >= 0.6 is 11.6 Å². The van der Waals surface area contributed by atoms with E-state index < -0.39 is 5.56 Å². The Bertz CT molecular complexity index is 1290. The van der Waals surface area contributed by atoms with Gasteiger partial charge in [0.2, 0.25) is 5.49 Å². The molecule has 150 valence electrons. The van der Waals surface area contributed by atoms with E-state index in [4.69, 9.17) is 17.0 Å². The molecule has 10 nitrogen and oxygen atoms in total. The molecule has 0 bridgehead atoms. The van der Waals surface area contributed by atoms with Crippen molar-refractivity contribution >= 4 is 28.8 Å². The minimum atomic E-state index is -0.677. The highest BCUT2D eigenvalue weighted by atomic mass is 35.5. The highest BCUT2D eigenvalue weighted by Gasteiger charge is 2.17. The van der Waals surface area contributed by atoms with Crippen molar-refractivity contribution in [3.63, 3.8) is 0 Å². The number of nitrogens with one attached hydrogen (secondary N) is 4. The maximum absolute atomic E-state index is 11.8. The van der Waals surface area contributed by atoms with Crippen LogP contribution in [0, 0.1) is 12.3 Å². The molecule has 0 aliphatic carbocycles. The second-order valence-electron chi connectivity index (χ2n) is 6.24. The predicted octanol–water partition coefficient (Wildman–Crippen LogP) is 1.71. The van der Waals surface area contributed by atoms with Gasteiger partial charge in [0.15, 0.2) is 11.2 Å². The van der Waals surface area contributed by atoms with E-state index in [0.717, 1.165) is 11.4 Å². The number of hydrazine groups is 1. The van der Waals surface area contributed by atoms with E-state index in [2.05, 4.69) is 36.7 Å². The van der Waals surface area contributed by atoms with Crippen LogP contribution in [0.5, 0.6) is 0 Å². The lowest BCUT2D eigenvalue weighted by Gasteiger charge is -2.12. The number of rotatable bonds is 6. The van der Waals surface area contributed by atoms with Crippen LogP contribution in [0.4, 0.5) is 17.2 Å². The molecule has 2 aromatic carbocycles. The SMILES string of the molecule is Cc1nn(-c2ccccc2)c(N/N=c2/c(=N)nnc2=O)c1NNc1ccc(Cl)cc1. The molecule has 0 aliphatic rings. The Labute approximate surface area is 175 Å². The fourth-order valence-electron chi connectivity index (χ4n) is 2.71. The van der Waals surface area contributed by atoms with Crippen LogP contribution in [0.2, 0.25) is 5.02 Å². The van der Waals surface area contributed by atoms with Crippen molar-refractivity contribution in [3.05, 3.63) is 86.5 Å². The molecule has 0 unspecified atom stereocenters. The lowest BCUT2D eigenvalue weighted by Crippen LogP contribution is -2.34. The molecule has 0 saturated carbocycles. The summed E-state index contributed by atoms with van der Waals surface area (Å²) in [6, 6.07) is 16.6. The van der Waals surface area contributed by atoms with E-state index >= 15 is 0 Å². The monoisotopic (exact) mass is 421 g/mol. The van der Waals surface area contributed by atoms with E-state index in [-0.39, 0.29) is 10.8 Å². The zero-order valence-electron chi connectivity index (χ0n) is 15.7. The van der Waals surface area contributed by atoms with E-state index in [0.29, 0.717) is 22.2 Å². The van der Waals surface area contributed by atoms with Gasteiger partial charge in [-0.25, -0.2) is 4.68 Å². The minimum Gasteiger partial charge on any atom is -0.301 e. The first-order valence-corrected chi connectivity index (χ1v) is 9.22. The number of para-hydroxylation sites is 1. The van der Waals surface area contributed by atoms with Crippen LogP contribution in [-0.2, 0) is 0 Å². The first kappa shape index (κ1) is 19.3. The van der Waals surface area contributed by atoms with Crippen LogP contribution in [0.1, 0.15) is 5.69 Å². The Morgan fingerprint density at radius 2 is 1.77 bits per heavy atom. The minimum absolute atomic E-state index is 0.176. The summed E-state index contributed by atoms with van der Waals surface area (Å²) in [4.78, 5) is 11.8. The second kappa shape index (κ2) is 8.13. The summed E-state index contributed by atoms with van der Waals surface area (Å²) < 4.78 is 1.64. The van der Waals surface area contributed by atoms with E-state index in [1.54, 1.807) is 16.8 Å². The van der Waals surface area contributed by atoms with Gasteiger partial charge in [-0.15, -0.1) is 10.2 Å². The molecule has 0 amide bonds. The number of halogens is 1. The fourth-order valence-corrected chi connectivity index (χ4v) is 2.83. The molecule has 2 aromatic heterocycles. The molecule has 2 heterocycles. The Balaban J connectivity index is 1.74. The first-order chi connectivity index (χ1) is 14.5. The molecular weight excluding hydrogens is 406 g/mol. The van der Waals surface area contributed by atoms with Gasteiger partial charge >= 0.3 is 5.56 Å². The summed E-state index contributed by atoms with van der Waals surface area (Å²) in [6.07, 6.45) is 0. The third-order valence-corrected chi connectivity index (χ3v) is 4.43. The molecule has 0 saturated heterocycles. The van der Waals surface area contributed by atoms with Gasteiger partial charge in [0.05, 0.1) is 17.1 Å². The highest BCUT2D eigenvalue weighted by Crippen LogP contribution is 2.29. The van der Waals surface area contributed by atoms with Crippen molar-refractivity contribution in [3.8, 4) is 5.69 Å². The number of aromatic nitrogens is 4. The van der Waals surface area contributed by atoms with Crippen molar-refractivity contribution in [1.82, 2.24) is 20.0 Å². The number of benzene rings is 2. The largest absolute Gasteiger partial charge is 0.319 e. The Kier molecular flexibility index (Phi) is 5.22. The summed E-state index contributed by atoms with van der Waals surface area (Å²) in [6.45, 7) is 1.83. The van der Waals surface area contributed by atoms with Crippen molar-refractivity contribution < 1.29 is 0 Å². The van der Waals surface area contributed by atoms with Crippen LogP contribution in [0.25, 0.3) is 5.69 Å². The highest BCUT2D eigenvalue weighted by molar-refractivity contribution is 6.30. The molecule has 4 aromatic rings. The van der Waals surface area contributed by atoms with Crippen molar-refractivity contribution in [1.29, 1.82) is 5.41 Å². The van der Waals surface area contributed by atoms with Crippen LogP contribution < -0.4 is 32.7 Å². The zero-order chi connectivity index (χ0) is 21.1. The third-order valence-electron chi connectivity index (χ3n) is 4.18. The number of nitrogens with zero attached hydrogens (tertiary/aromatic N) is 5. The first-order valence-electron chi connectivity index (χ1n) is 8.84. The van der Waals surface area contributed by atoms with E-state index in [1.807, 2.05) is 49.4 Å². The van der Waals surface area contributed by atoms with Crippen LogP contribution in [0.3, 0.4) is 0 Å². The predicted molar refractivity (Wildman–Crippen MR) is 113 cm³/mol. The fraction of sp³-hybridized carbons (Fsp3) is 0.0526. The standard InChI is InChI=1S/C19H16ClN9O/c1-11-15(23-22-13-9-7-12(20)8-10-13)18(26-24-16-17(21)25-27-19(16)30)29(28-11)14-5-3-2-4-6-14/h2-10,21-23,26H,1H3/b21-17?,24-16-. The van der Waals surface area contributed by atoms with Crippen LogP contribution in [-0.4, -0.2) is 20.0 Å². The molecule has 0 fully saturated rings. The quantitative estimate of drug-likeness (QED) is 0.348. The number of hydrogen-bond acceptors (Lipinski definition) is 9. The van der Waals surface area contributed by atoms with Gasteiger partial charge in [0.25, 0.3) is 0 Å². The maximum Gasteiger partial charge on any atom is 0.319 e. The summed E-state index contributed by atoms with van der Waals surface area (Å²) in [5, 5.41) is 23.5. The van der Waals surface area contributed by atoms with Crippen molar-refractivity contribution in [2.45, 2.75) is 6.92 Å². The Hall–Kier alpha value is -4.05. The molecule has 0 spiro atoms. The summed E-state index contributed by atoms with van der Waals surface area (Å²) >= 11 is 5.93. The van der Waals surface area contributed by atoms with E-state index in [1.165, 1.54) is 0 Å². The average Bonchev–Trinajstić information content (AvgIpc) is 3.25. The molecular formula is C19H16ClN9O. The molecule has 30 heavy (non-hydrogen) atoms. The van der Waals surface area contributed by atoms with Crippen molar-refractivity contribution in [2.75, 3.05) is 16.3 Å². The normalized spacial score (nSPS) is 11.5. The van der Waals surface area contributed by atoms with Gasteiger partial charge in [-0.2, -0.15) is 10.2 Å². The number of aryl methyl sites for hydroxylation is 1. The number of hydrogen-bond donors (Lipinski definition) is 4. The lowest BCUT2D eigenvalue weighted by molar-refractivity contribution is 0.860. The maximum atomic E-state index is 11.8. The van der Waals surface area contributed by atoms with Gasteiger partial charge in [0, 0.05) is 5.02 Å². The molecule has 4 rings (SSSR count).